The topological polar surface area (TPSA) is 105 Å². The predicted molar refractivity (Wildman–Crippen MR) is 322 cm³/mol. The number of hydrogen-bond acceptors (Lipinski definition) is 5. The molecule has 8 nitrogen and oxygen atoms in total. The van der Waals surface area contributed by atoms with Crippen LogP contribution in [0.5, 0.6) is 0 Å². The molecule has 0 heterocycles. The Kier molecular flexibility index (Phi) is 53.3. The Balaban J connectivity index is 4.28. The van der Waals surface area contributed by atoms with Crippen molar-refractivity contribution < 1.29 is 32.9 Å². The molecule has 3 N–H and O–H groups in total. The van der Waals surface area contributed by atoms with E-state index >= 15 is 0 Å². The van der Waals surface area contributed by atoms with Crippen molar-refractivity contribution in [2.45, 2.75) is 270 Å². The molecular formula is C65H118N2O6P+. The second-order valence-corrected chi connectivity index (χ2v) is 23.1. The molecule has 0 bridgehead atoms. The first-order valence-corrected chi connectivity index (χ1v) is 32.1. The summed E-state index contributed by atoms with van der Waals surface area (Å²) in [5.41, 5.74) is 0. The van der Waals surface area contributed by atoms with Crippen LogP contribution in [0.2, 0.25) is 0 Å². The van der Waals surface area contributed by atoms with Crippen molar-refractivity contribution in [1.29, 1.82) is 0 Å². The third-order valence-electron chi connectivity index (χ3n) is 13.3. The highest BCUT2D eigenvalue weighted by atomic mass is 31.2. The average molecular weight is 1050 g/mol. The minimum absolute atomic E-state index is 0.0476. The first-order chi connectivity index (χ1) is 36.0. The van der Waals surface area contributed by atoms with Crippen molar-refractivity contribution in [3.05, 3.63) is 97.2 Å². The number of amides is 1. The average Bonchev–Trinajstić information content (AvgIpc) is 3.36. The third kappa shape index (κ3) is 57.1. The number of phosphoric ester groups is 1. The molecule has 0 saturated carbocycles. The van der Waals surface area contributed by atoms with Gasteiger partial charge in [-0.3, -0.25) is 13.8 Å². The van der Waals surface area contributed by atoms with Gasteiger partial charge in [-0.05, 0) is 89.9 Å². The van der Waals surface area contributed by atoms with Crippen LogP contribution >= 0.6 is 7.82 Å². The number of phosphoric acid groups is 1. The molecule has 0 spiro atoms. The second-order valence-electron chi connectivity index (χ2n) is 21.7. The molecule has 0 rings (SSSR count). The zero-order valence-electron chi connectivity index (χ0n) is 48.8. The Morgan fingerprint density at radius 1 is 0.473 bits per heavy atom. The first-order valence-electron chi connectivity index (χ1n) is 30.6. The minimum atomic E-state index is -4.37. The molecule has 0 aromatic carbocycles. The molecule has 74 heavy (non-hydrogen) atoms. The molecule has 0 aliphatic carbocycles. The fraction of sp³-hybridized carbons (Fsp3) is 0.738. The van der Waals surface area contributed by atoms with Gasteiger partial charge in [-0.15, -0.1) is 0 Å². The lowest BCUT2D eigenvalue weighted by molar-refractivity contribution is -0.870. The molecule has 0 aromatic rings. The first kappa shape index (κ1) is 71.4. The summed E-state index contributed by atoms with van der Waals surface area (Å²) in [6.07, 6.45) is 79.5. The Hall–Kier alpha value is -2.58. The molecule has 0 radical (unpaired) electrons. The van der Waals surface area contributed by atoms with E-state index in [0.717, 1.165) is 83.5 Å². The zero-order valence-corrected chi connectivity index (χ0v) is 49.7. The van der Waals surface area contributed by atoms with Crippen molar-refractivity contribution in [3.63, 3.8) is 0 Å². The van der Waals surface area contributed by atoms with Crippen molar-refractivity contribution in [2.75, 3.05) is 40.9 Å². The van der Waals surface area contributed by atoms with Crippen LogP contribution in [0.15, 0.2) is 97.2 Å². The summed E-state index contributed by atoms with van der Waals surface area (Å²) in [7, 11) is 1.53. The number of nitrogens with one attached hydrogen (secondary N) is 1. The van der Waals surface area contributed by atoms with Crippen LogP contribution < -0.4 is 5.32 Å². The highest BCUT2D eigenvalue weighted by Crippen LogP contribution is 2.43. The summed E-state index contributed by atoms with van der Waals surface area (Å²) in [6, 6.07) is -0.881. The maximum atomic E-state index is 13.0. The summed E-state index contributed by atoms with van der Waals surface area (Å²) >= 11 is 0. The SMILES string of the molecule is CC/C=C\C/C=C\C/C=C\C/C=C\C/C=C\CCCCCCCCCCCC(=O)NC(COP(=O)(O)OCC[N+](C)(C)C)C(O)/C=C/CC/C=C/CC/C=C/CCCCCCCCCCCCCCCCCCC. The monoisotopic (exact) mass is 1050 g/mol. The summed E-state index contributed by atoms with van der Waals surface area (Å²) in [5, 5.41) is 13.9. The highest BCUT2D eigenvalue weighted by Gasteiger charge is 2.27. The van der Waals surface area contributed by atoms with E-state index < -0.39 is 20.0 Å². The molecule has 0 aliphatic heterocycles. The maximum Gasteiger partial charge on any atom is 0.472 e. The molecule has 0 aliphatic rings. The van der Waals surface area contributed by atoms with Crippen molar-refractivity contribution >= 4 is 13.7 Å². The van der Waals surface area contributed by atoms with Crippen LogP contribution in [0, 0.1) is 0 Å². The van der Waals surface area contributed by atoms with Crippen LogP contribution in [0.3, 0.4) is 0 Å². The number of allylic oxidation sites excluding steroid dienone is 15. The fourth-order valence-corrected chi connectivity index (χ4v) is 9.25. The zero-order chi connectivity index (χ0) is 54.2. The Morgan fingerprint density at radius 2 is 0.824 bits per heavy atom. The molecule has 1 amide bonds. The maximum absolute atomic E-state index is 13.0. The van der Waals surface area contributed by atoms with E-state index in [4.69, 9.17) is 9.05 Å². The van der Waals surface area contributed by atoms with Crippen LogP contribution in [0.4, 0.5) is 0 Å². The van der Waals surface area contributed by atoms with Crippen molar-refractivity contribution in [3.8, 4) is 0 Å². The number of carbonyl (C=O) groups is 1. The van der Waals surface area contributed by atoms with E-state index in [2.05, 4.69) is 104 Å². The van der Waals surface area contributed by atoms with Gasteiger partial charge < -0.3 is 19.8 Å². The molecule has 0 saturated heterocycles. The normalized spacial score (nSPS) is 14.5. The van der Waals surface area contributed by atoms with E-state index in [1.165, 1.54) is 154 Å². The van der Waals surface area contributed by atoms with E-state index in [9.17, 15) is 19.4 Å². The Morgan fingerprint density at radius 3 is 1.24 bits per heavy atom. The molecule has 3 unspecified atom stereocenters. The molecule has 0 aromatic heterocycles. The lowest BCUT2D eigenvalue weighted by atomic mass is 10.0. The van der Waals surface area contributed by atoms with Gasteiger partial charge in [0.25, 0.3) is 0 Å². The number of aliphatic hydroxyl groups is 1. The van der Waals surface area contributed by atoms with Gasteiger partial charge >= 0.3 is 7.82 Å². The van der Waals surface area contributed by atoms with E-state index in [0.29, 0.717) is 17.4 Å². The highest BCUT2D eigenvalue weighted by molar-refractivity contribution is 7.47. The van der Waals surface area contributed by atoms with Crippen molar-refractivity contribution in [2.24, 2.45) is 0 Å². The molecule has 0 fully saturated rings. The number of carbonyl (C=O) groups excluding carboxylic acids is 1. The van der Waals surface area contributed by atoms with Crippen molar-refractivity contribution in [1.82, 2.24) is 5.32 Å². The van der Waals surface area contributed by atoms with E-state index in [-0.39, 0.29) is 19.1 Å². The quantitative estimate of drug-likeness (QED) is 0.0243. The number of quaternary nitrogens is 1. The van der Waals surface area contributed by atoms with Gasteiger partial charge in [0, 0.05) is 6.42 Å². The van der Waals surface area contributed by atoms with Gasteiger partial charge in [0.2, 0.25) is 5.91 Å². The summed E-state index contributed by atoms with van der Waals surface area (Å²) in [4.78, 5) is 23.3. The predicted octanol–water partition coefficient (Wildman–Crippen LogP) is 19.0. The van der Waals surface area contributed by atoms with Gasteiger partial charge in [0.1, 0.15) is 13.2 Å². The summed E-state index contributed by atoms with van der Waals surface area (Å²) < 4.78 is 23.7. The van der Waals surface area contributed by atoms with Gasteiger partial charge in [0.15, 0.2) is 0 Å². The summed E-state index contributed by atoms with van der Waals surface area (Å²) in [5.74, 6) is -0.200. The Labute approximate surface area is 458 Å². The third-order valence-corrected chi connectivity index (χ3v) is 14.2. The largest absolute Gasteiger partial charge is 0.472 e. The number of unbranched alkanes of at least 4 members (excludes halogenated alkanes) is 28. The number of likely N-dealkylation sites (N-methyl/N-ethyl adjacent to an activating group) is 1. The standard InChI is InChI=1S/C65H117N2O6P/c1-6-8-10-12-14-16-18-20-22-24-26-28-30-32-33-35-36-38-40-42-44-46-48-50-52-54-56-58-64(68)63(62-73-74(70,71)72-61-60-67(3,4)5)66-65(69)59-57-55-53-51-49-47-45-43-41-39-37-34-31-29-27-25-23-21-19-17-15-13-11-9-7-2/h9,11,15,17,21,23,27,29,34,37,40,42,48,50,56,58,63-64,68H,6-8,10,12-14,16,18-20,22,24-26,28,30-33,35-36,38-39,41,43-47,49,51-55,57,59-62H2,1-5H3,(H-,66,69,70,71)/p+1/b11-9-,17-15-,23-21-,29-27-,37-34-,42-40+,50-48+,58-56+. The molecule has 428 valence electrons. The second kappa shape index (κ2) is 55.2. The minimum Gasteiger partial charge on any atom is -0.387 e. The number of rotatable bonds is 55. The van der Waals surface area contributed by atoms with E-state index in [1.54, 1.807) is 6.08 Å². The van der Waals surface area contributed by atoms with Crippen LogP contribution in [0.1, 0.15) is 258 Å². The van der Waals surface area contributed by atoms with Crippen LogP contribution in [-0.4, -0.2) is 73.4 Å². The lowest BCUT2D eigenvalue weighted by Crippen LogP contribution is -2.45. The van der Waals surface area contributed by atoms with Gasteiger partial charge in [0.05, 0.1) is 39.9 Å². The Bertz CT molecular complexity index is 1520. The van der Waals surface area contributed by atoms with Crippen LogP contribution in [0.25, 0.3) is 0 Å². The van der Waals surface area contributed by atoms with Gasteiger partial charge in [-0.2, -0.15) is 0 Å². The van der Waals surface area contributed by atoms with Gasteiger partial charge in [-0.25, -0.2) is 4.57 Å². The van der Waals surface area contributed by atoms with Gasteiger partial charge in [-0.1, -0.05) is 259 Å². The summed E-state index contributed by atoms with van der Waals surface area (Å²) in [6.45, 7) is 4.68. The number of aliphatic hydroxyl groups excluding tert-OH is 1. The smallest absolute Gasteiger partial charge is 0.387 e. The van der Waals surface area contributed by atoms with E-state index in [1.807, 2.05) is 27.2 Å². The fourth-order valence-electron chi connectivity index (χ4n) is 8.51. The molecule has 9 heteroatoms. The number of nitrogens with zero attached hydrogens (tertiary/aromatic N) is 1. The lowest BCUT2D eigenvalue weighted by Gasteiger charge is -2.25. The molecule has 3 atom stereocenters. The van der Waals surface area contributed by atoms with Crippen LogP contribution in [-0.2, 0) is 18.4 Å². The number of hydrogen-bond donors (Lipinski definition) is 3. The molecular weight excluding hydrogens is 936 g/mol.